The van der Waals surface area contributed by atoms with E-state index in [0.717, 1.165) is 10.5 Å². The first-order valence-electron chi connectivity index (χ1n) is 12.1. The smallest absolute Gasteiger partial charge is 0.336 e. The number of carboxylic acid groups (broad SMARTS) is 1. The van der Waals surface area contributed by atoms with Crippen LogP contribution in [0, 0.1) is 0 Å². The Morgan fingerprint density at radius 1 is 0.744 bits per heavy atom. The van der Waals surface area contributed by atoms with Crippen LogP contribution < -0.4 is 10.6 Å². The Labute approximate surface area is 228 Å². The molecule has 1 heterocycles. The Kier molecular flexibility index (Phi) is 7.65. The summed E-state index contributed by atoms with van der Waals surface area (Å²) in [4.78, 5) is 43.3. The lowest BCUT2D eigenvalue weighted by Gasteiger charge is -2.17. The van der Waals surface area contributed by atoms with E-state index in [-0.39, 0.29) is 17.0 Å². The summed E-state index contributed by atoms with van der Waals surface area (Å²) in [6.07, 6.45) is 1.61. The molecule has 5 aromatic rings. The third kappa shape index (κ3) is 5.97. The van der Waals surface area contributed by atoms with Crippen LogP contribution in [0.4, 0.5) is 11.5 Å². The van der Waals surface area contributed by atoms with Gasteiger partial charge < -0.3 is 15.7 Å². The molecule has 1 aromatic heterocycles. The van der Waals surface area contributed by atoms with Gasteiger partial charge in [0, 0.05) is 27.7 Å². The van der Waals surface area contributed by atoms with Crippen LogP contribution in [0.3, 0.4) is 0 Å². The van der Waals surface area contributed by atoms with E-state index in [9.17, 15) is 19.5 Å². The van der Waals surface area contributed by atoms with Crippen molar-refractivity contribution in [1.29, 1.82) is 0 Å². The zero-order valence-electron chi connectivity index (χ0n) is 20.6. The Balaban J connectivity index is 1.40. The number of rotatable bonds is 8. The molecule has 0 aliphatic rings. The highest BCUT2D eigenvalue weighted by Crippen LogP contribution is 2.37. The summed E-state index contributed by atoms with van der Waals surface area (Å²) in [7, 11) is 0. The molecule has 4 aromatic carbocycles. The Morgan fingerprint density at radius 2 is 1.46 bits per heavy atom. The zero-order chi connectivity index (χ0) is 27.2. The second-order valence-corrected chi connectivity index (χ2v) is 9.79. The van der Waals surface area contributed by atoms with Gasteiger partial charge in [0.1, 0.15) is 11.1 Å². The number of nitrogens with zero attached hydrogens (tertiary/aromatic N) is 1. The number of carbonyl (C=O) groups excluding carboxylic acids is 2. The SMILES string of the molecule is O=C(O)c1cccc2cccc(C(=O)Nc3cccc(SC(C(=O)Nc4ccccn4)c4ccccc4)c3)c12. The topological polar surface area (TPSA) is 108 Å². The Hall–Kier alpha value is -4.95. The van der Waals surface area contributed by atoms with Gasteiger partial charge in [-0.05, 0) is 53.4 Å². The van der Waals surface area contributed by atoms with Crippen LogP contribution in [0.1, 0.15) is 31.5 Å². The molecule has 39 heavy (non-hydrogen) atoms. The maximum atomic E-state index is 13.3. The number of pyridine rings is 1. The number of aromatic carboxylic acids is 1. The number of fused-ring (bicyclic) bond motifs is 1. The van der Waals surface area contributed by atoms with E-state index < -0.39 is 17.1 Å². The molecule has 3 N–H and O–H groups in total. The zero-order valence-corrected chi connectivity index (χ0v) is 21.4. The average Bonchev–Trinajstić information content (AvgIpc) is 2.96. The number of carboxylic acids is 1. The molecule has 192 valence electrons. The van der Waals surface area contributed by atoms with Crippen LogP contribution >= 0.6 is 11.8 Å². The number of thioether (sulfide) groups is 1. The number of benzene rings is 4. The van der Waals surface area contributed by atoms with Gasteiger partial charge in [0.15, 0.2) is 0 Å². The van der Waals surface area contributed by atoms with E-state index in [2.05, 4.69) is 15.6 Å². The fraction of sp³-hybridized carbons (Fsp3) is 0.0323. The highest BCUT2D eigenvalue weighted by atomic mass is 32.2. The molecule has 0 radical (unpaired) electrons. The van der Waals surface area contributed by atoms with Crippen LogP contribution in [-0.4, -0.2) is 27.9 Å². The lowest BCUT2D eigenvalue weighted by atomic mass is 9.98. The van der Waals surface area contributed by atoms with Gasteiger partial charge in [-0.3, -0.25) is 9.59 Å². The number of amides is 2. The molecule has 8 heteroatoms. The molecular weight excluding hydrogens is 510 g/mol. The van der Waals surface area contributed by atoms with Crippen LogP contribution in [0.5, 0.6) is 0 Å². The summed E-state index contributed by atoms with van der Waals surface area (Å²) in [5.41, 5.74) is 1.67. The first-order valence-corrected chi connectivity index (χ1v) is 13.0. The molecule has 0 fully saturated rings. The summed E-state index contributed by atoms with van der Waals surface area (Å²) in [5, 5.41) is 15.9. The van der Waals surface area contributed by atoms with Crippen LogP contribution in [0.25, 0.3) is 10.8 Å². The van der Waals surface area contributed by atoms with Crippen LogP contribution in [-0.2, 0) is 4.79 Å². The maximum absolute atomic E-state index is 13.3. The van der Waals surface area contributed by atoms with Gasteiger partial charge in [0.05, 0.1) is 5.56 Å². The van der Waals surface area contributed by atoms with Gasteiger partial charge in [0.2, 0.25) is 5.91 Å². The number of aromatic nitrogens is 1. The molecule has 0 spiro atoms. The van der Waals surface area contributed by atoms with Gasteiger partial charge in [-0.2, -0.15) is 0 Å². The molecule has 1 atom stereocenters. The van der Waals surface area contributed by atoms with E-state index in [1.165, 1.54) is 17.8 Å². The van der Waals surface area contributed by atoms with E-state index in [0.29, 0.717) is 22.3 Å². The lowest BCUT2D eigenvalue weighted by molar-refractivity contribution is -0.115. The Bertz CT molecular complexity index is 1650. The quantitative estimate of drug-likeness (QED) is 0.193. The number of carbonyl (C=O) groups is 3. The summed E-state index contributed by atoms with van der Waals surface area (Å²) in [6.45, 7) is 0. The van der Waals surface area contributed by atoms with Crippen molar-refractivity contribution >= 4 is 51.8 Å². The molecule has 0 saturated carbocycles. The summed E-state index contributed by atoms with van der Waals surface area (Å²) in [6, 6.07) is 31.9. The van der Waals surface area contributed by atoms with E-state index >= 15 is 0 Å². The van der Waals surface area contributed by atoms with Crippen molar-refractivity contribution in [1.82, 2.24) is 4.98 Å². The molecule has 0 bridgehead atoms. The lowest BCUT2D eigenvalue weighted by Crippen LogP contribution is -2.19. The average molecular weight is 534 g/mol. The number of hydrogen-bond acceptors (Lipinski definition) is 5. The van der Waals surface area contributed by atoms with Gasteiger partial charge >= 0.3 is 5.97 Å². The molecule has 7 nitrogen and oxygen atoms in total. The van der Waals surface area contributed by atoms with Gasteiger partial charge in [0.25, 0.3) is 5.91 Å². The second-order valence-electron chi connectivity index (χ2n) is 8.61. The predicted molar refractivity (Wildman–Crippen MR) is 153 cm³/mol. The largest absolute Gasteiger partial charge is 0.478 e. The van der Waals surface area contributed by atoms with Crippen LogP contribution in [0.2, 0.25) is 0 Å². The van der Waals surface area contributed by atoms with E-state index in [1.807, 2.05) is 36.4 Å². The highest BCUT2D eigenvalue weighted by Gasteiger charge is 2.23. The maximum Gasteiger partial charge on any atom is 0.336 e. The van der Waals surface area contributed by atoms with Crippen molar-refractivity contribution in [3.05, 3.63) is 132 Å². The second kappa shape index (κ2) is 11.6. The highest BCUT2D eigenvalue weighted by molar-refractivity contribution is 8.00. The molecule has 0 aliphatic carbocycles. The first kappa shape index (κ1) is 25.7. The third-order valence-corrected chi connectivity index (χ3v) is 7.23. The van der Waals surface area contributed by atoms with Crippen molar-refractivity contribution in [3.63, 3.8) is 0 Å². The van der Waals surface area contributed by atoms with Crippen molar-refractivity contribution in [2.24, 2.45) is 0 Å². The monoisotopic (exact) mass is 533 g/mol. The van der Waals surface area contributed by atoms with Gasteiger partial charge in [-0.25, -0.2) is 9.78 Å². The molecule has 0 aliphatic heterocycles. The molecule has 0 saturated heterocycles. The minimum Gasteiger partial charge on any atom is -0.478 e. The normalized spacial score (nSPS) is 11.5. The number of hydrogen-bond donors (Lipinski definition) is 3. The minimum atomic E-state index is -1.10. The van der Waals surface area contributed by atoms with Crippen LogP contribution in [0.15, 0.2) is 120 Å². The van der Waals surface area contributed by atoms with Crippen molar-refractivity contribution in [3.8, 4) is 0 Å². The predicted octanol–water partition coefficient (Wildman–Crippen LogP) is 6.66. The van der Waals surface area contributed by atoms with Gasteiger partial charge in [-0.15, -0.1) is 11.8 Å². The molecular formula is C31H23N3O4S. The molecule has 5 rings (SSSR count). The standard InChI is InChI=1S/C31H23N3O4S/c35-29(24-15-6-11-20-12-7-16-25(27(20)24)31(37)38)33-22-13-8-14-23(19-22)39-28(21-9-2-1-3-10-21)30(36)34-26-17-4-5-18-32-26/h1-19,28H,(H,33,35)(H,37,38)(H,32,34,36). The summed E-state index contributed by atoms with van der Waals surface area (Å²) < 4.78 is 0. The third-order valence-electron chi connectivity index (χ3n) is 5.98. The van der Waals surface area contributed by atoms with E-state index in [4.69, 9.17) is 0 Å². The Morgan fingerprint density at radius 3 is 2.18 bits per heavy atom. The van der Waals surface area contributed by atoms with Crippen molar-refractivity contribution in [2.45, 2.75) is 10.1 Å². The van der Waals surface area contributed by atoms with Crippen molar-refractivity contribution in [2.75, 3.05) is 10.6 Å². The summed E-state index contributed by atoms with van der Waals surface area (Å²) >= 11 is 1.35. The van der Waals surface area contributed by atoms with Gasteiger partial charge in [-0.1, -0.05) is 66.7 Å². The summed E-state index contributed by atoms with van der Waals surface area (Å²) in [5.74, 6) is -1.30. The van der Waals surface area contributed by atoms with Crippen molar-refractivity contribution < 1.29 is 19.5 Å². The molecule has 2 amide bonds. The number of anilines is 2. The first-order chi connectivity index (χ1) is 19.0. The fourth-order valence-electron chi connectivity index (χ4n) is 4.22. The molecule has 1 unspecified atom stereocenters. The minimum absolute atomic E-state index is 0.0622. The number of nitrogens with one attached hydrogen (secondary N) is 2. The van der Waals surface area contributed by atoms with E-state index in [1.54, 1.807) is 72.9 Å². The fourth-order valence-corrected chi connectivity index (χ4v) is 5.30.